The van der Waals surface area contributed by atoms with E-state index in [4.69, 9.17) is 9.15 Å². The average Bonchev–Trinajstić information content (AvgIpc) is 2.55. The van der Waals surface area contributed by atoms with E-state index in [0.29, 0.717) is 17.5 Å². The number of aliphatic imine (C=N–C) groups is 1. The van der Waals surface area contributed by atoms with Gasteiger partial charge < -0.3 is 14.3 Å². The SMILES string of the molecule is O=c1oc2ccccc2c(O)c1C=NCCN1CCOCC1. The van der Waals surface area contributed by atoms with E-state index < -0.39 is 5.63 Å². The van der Waals surface area contributed by atoms with Gasteiger partial charge in [-0.2, -0.15) is 0 Å². The molecule has 6 nitrogen and oxygen atoms in total. The predicted molar refractivity (Wildman–Crippen MR) is 83.9 cm³/mol. The molecular formula is C16H18N2O4. The van der Waals surface area contributed by atoms with Crippen LogP contribution in [0.15, 0.2) is 38.5 Å². The van der Waals surface area contributed by atoms with E-state index in [2.05, 4.69) is 9.89 Å². The van der Waals surface area contributed by atoms with Crippen LogP contribution in [0.1, 0.15) is 5.56 Å². The fraction of sp³-hybridized carbons (Fsp3) is 0.375. The molecule has 1 aromatic carbocycles. The van der Waals surface area contributed by atoms with E-state index >= 15 is 0 Å². The first-order chi connectivity index (χ1) is 10.8. The lowest BCUT2D eigenvalue weighted by Gasteiger charge is -2.25. The first kappa shape index (κ1) is 14.7. The van der Waals surface area contributed by atoms with E-state index in [1.807, 2.05) is 0 Å². The molecule has 0 atom stereocenters. The van der Waals surface area contributed by atoms with Gasteiger partial charge in [0.1, 0.15) is 16.9 Å². The summed E-state index contributed by atoms with van der Waals surface area (Å²) in [5.74, 6) is -0.0815. The number of para-hydroxylation sites is 1. The second kappa shape index (κ2) is 6.72. The standard InChI is InChI=1S/C16H18N2O4/c19-15-12-3-1-2-4-14(12)22-16(20)13(15)11-17-5-6-18-7-9-21-10-8-18/h1-4,11,19H,5-10H2. The zero-order valence-corrected chi connectivity index (χ0v) is 12.2. The molecule has 0 unspecified atom stereocenters. The van der Waals surface area contributed by atoms with Crippen molar-refractivity contribution >= 4 is 17.2 Å². The molecule has 116 valence electrons. The smallest absolute Gasteiger partial charge is 0.348 e. The van der Waals surface area contributed by atoms with E-state index in [9.17, 15) is 9.90 Å². The second-order valence-electron chi connectivity index (χ2n) is 5.14. The van der Waals surface area contributed by atoms with Crippen LogP contribution in [0.25, 0.3) is 11.0 Å². The molecule has 0 saturated carbocycles. The average molecular weight is 302 g/mol. The highest BCUT2D eigenvalue weighted by Crippen LogP contribution is 2.24. The number of rotatable bonds is 4. The fourth-order valence-electron chi connectivity index (χ4n) is 2.44. The molecule has 0 radical (unpaired) electrons. The van der Waals surface area contributed by atoms with Gasteiger partial charge in [-0.25, -0.2) is 4.79 Å². The van der Waals surface area contributed by atoms with Gasteiger partial charge in [-0.15, -0.1) is 0 Å². The Kier molecular flexibility index (Phi) is 4.50. The summed E-state index contributed by atoms with van der Waals surface area (Å²) in [6, 6.07) is 6.89. The molecule has 1 fully saturated rings. The van der Waals surface area contributed by atoms with Crippen molar-refractivity contribution in [2.75, 3.05) is 39.4 Å². The molecule has 1 saturated heterocycles. The van der Waals surface area contributed by atoms with Crippen LogP contribution in [0.3, 0.4) is 0 Å². The number of aromatic hydroxyl groups is 1. The number of hydrogen-bond donors (Lipinski definition) is 1. The van der Waals surface area contributed by atoms with Gasteiger partial charge in [0, 0.05) is 25.8 Å². The monoisotopic (exact) mass is 302 g/mol. The Labute approximate surface area is 127 Å². The van der Waals surface area contributed by atoms with Crippen LogP contribution < -0.4 is 5.63 Å². The van der Waals surface area contributed by atoms with E-state index in [-0.39, 0.29) is 11.3 Å². The summed E-state index contributed by atoms with van der Waals surface area (Å²) in [6.45, 7) is 4.67. The summed E-state index contributed by atoms with van der Waals surface area (Å²) in [7, 11) is 0. The molecule has 1 aliphatic rings. The summed E-state index contributed by atoms with van der Waals surface area (Å²) in [4.78, 5) is 18.4. The minimum Gasteiger partial charge on any atom is -0.506 e. The highest BCUT2D eigenvalue weighted by atomic mass is 16.5. The molecule has 0 bridgehead atoms. The van der Waals surface area contributed by atoms with Crippen molar-refractivity contribution in [1.82, 2.24) is 4.90 Å². The molecule has 2 heterocycles. The van der Waals surface area contributed by atoms with Crippen molar-refractivity contribution in [1.29, 1.82) is 0 Å². The van der Waals surface area contributed by atoms with Gasteiger partial charge in [-0.1, -0.05) is 12.1 Å². The number of benzene rings is 1. The maximum Gasteiger partial charge on any atom is 0.348 e. The minimum absolute atomic E-state index is 0.0815. The molecule has 2 aromatic rings. The van der Waals surface area contributed by atoms with E-state index in [0.717, 1.165) is 32.8 Å². The highest BCUT2D eigenvalue weighted by Gasteiger charge is 2.12. The number of fused-ring (bicyclic) bond motifs is 1. The molecule has 22 heavy (non-hydrogen) atoms. The molecular weight excluding hydrogens is 284 g/mol. The Morgan fingerprint density at radius 3 is 2.86 bits per heavy atom. The van der Waals surface area contributed by atoms with Crippen LogP contribution in [-0.2, 0) is 4.74 Å². The topological polar surface area (TPSA) is 75.3 Å². The number of ether oxygens (including phenoxy) is 1. The second-order valence-corrected chi connectivity index (χ2v) is 5.14. The largest absolute Gasteiger partial charge is 0.506 e. The van der Waals surface area contributed by atoms with Gasteiger partial charge in [0.15, 0.2) is 0 Å². The van der Waals surface area contributed by atoms with E-state index in [1.54, 1.807) is 24.3 Å². The van der Waals surface area contributed by atoms with Crippen molar-refractivity contribution in [3.8, 4) is 5.75 Å². The molecule has 0 aliphatic carbocycles. The Bertz CT molecular complexity index is 732. The fourth-order valence-corrected chi connectivity index (χ4v) is 2.44. The van der Waals surface area contributed by atoms with Gasteiger partial charge in [-0.05, 0) is 12.1 Å². The van der Waals surface area contributed by atoms with Crippen molar-refractivity contribution < 1.29 is 14.3 Å². The van der Waals surface area contributed by atoms with Crippen LogP contribution in [-0.4, -0.2) is 55.6 Å². The molecule has 1 aliphatic heterocycles. The van der Waals surface area contributed by atoms with Gasteiger partial charge in [0.25, 0.3) is 0 Å². The van der Waals surface area contributed by atoms with Crippen LogP contribution in [0.5, 0.6) is 5.75 Å². The third-order valence-corrected chi connectivity index (χ3v) is 3.69. The zero-order chi connectivity index (χ0) is 15.4. The lowest BCUT2D eigenvalue weighted by Crippen LogP contribution is -2.37. The number of morpholine rings is 1. The predicted octanol–water partition coefficient (Wildman–Crippen LogP) is 1.25. The maximum atomic E-state index is 11.9. The molecule has 0 amide bonds. The zero-order valence-electron chi connectivity index (χ0n) is 12.2. The third kappa shape index (κ3) is 3.18. The van der Waals surface area contributed by atoms with Gasteiger partial charge in [0.2, 0.25) is 0 Å². The number of hydrogen-bond acceptors (Lipinski definition) is 6. The molecule has 0 spiro atoms. The van der Waals surface area contributed by atoms with Crippen LogP contribution in [0.2, 0.25) is 0 Å². The van der Waals surface area contributed by atoms with Crippen LogP contribution in [0.4, 0.5) is 0 Å². The summed E-state index contributed by atoms with van der Waals surface area (Å²) >= 11 is 0. The summed E-state index contributed by atoms with van der Waals surface area (Å²) in [5.41, 5.74) is -0.109. The Balaban J connectivity index is 1.73. The Morgan fingerprint density at radius 2 is 2.05 bits per heavy atom. The van der Waals surface area contributed by atoms with Gasteiger partial charge in [-0.3, -0.25) is 9.89 Å². The van der Waals surface area contributed by atoms with E-state index in [1.165, 1.54) is 6.21 Å². The lowest BCUT2D eigenvalue weighted by atomic mass is 10.1. The van der Waals surface area contributed by atoms with Crippen molar-refractivity contribution in [2.24, 2.45) is 4.99 Å². The van der Waals surface area contributed by atoms with Crippen LogP contribution >= 0.6 is 0 Å². The first-order valence-electron chi connectivity index (χ1n) is 7.30. The van der Waals surface area contributed by atoms with Gasteiger partial charge >= 0.3 is 5.63 Å². The number of nitrogens with zero attached hydrogens (tertiary/aromatic N) is 2. The highest BCUT2D eigenvalue weighted by molar-refractivity contribution is 5.93. The molecule has 1 N–H and O–H groups in total. The normalized spacial score (nSPS) is 16.5. The summed E-state index contributed by atoms with van der Waals surface area (Å²) in [6.07, 6.45) is 1.40. The molecule has 6 heteroatoms. The molecule has 3 rings (SSSR count). The molecule has 1 aromatic heterocycles. The maximum absolute atomic E-state index is 11.9. The minimum atomic E-state index is -0.577. The van der Waals surface area contributed by atoms with Crippen molar-refractivity contribution in [2.45, 2.75) is 0 Å². The lowest BCUT2D eigenvalue weighted by molar-refractivity contribution is 0.0395. The summed E-state index contributed by atoms with van der Waals surface area (Å²) < 4.78 is 10.5. The van der Waals surface area contributed by atoms with Gasteiger partial charge in [0.05, 0.1) is 25.1 Å². The van der Waals surface area contributed by atoms with Crippen molar-refractivity contribution in [3.63, 3.8) is 0 Å². The quantitative estimate of drug-likeness (QED) is 0.679. The van der Waals surface area contributed by atoms with Crippen LogP contribution in [0, 0.1) is 0 Å². The first-order valence-corrected chi connectivity index (χ1v) is 7.30. The van der Waals surface area contributed by atoms with Crippen molar-refractivity contribution in [3.05, 3.63) is 40.2 Å². The Hall–Kier alpha value is -2.18. The summed E-state index contributed by atoms with van der Waals surface area (Å²) in [5, 5.41) is 10.7. The Morgan fingerprint density at radius 1 is 1.27 bits per heavy atom. The third-order valence-electron chi connectivity index (χ3n) is 3.69.